The molecular formula is C60H76N2O2S3. The van der Waals surface area contributed by atoms with Gasteiger partial charge in [0.2, 0.25) is 0 Å². The minimum absolute atomic E-state index is 0. The van der Waals surface area contributed by atoms with Crippen LogP contribution in [0.5, 0.6) is 0 Å². The van der Waals surface area contributed by atoms with Gasteiger partial charge in [-0.15, -0.1) is 22.7 Å². The van der Waals surface area contributed by atoms with Crippen molar-refractivity contribution in [3.63, 3.8) is 0 Å². The lowest BCUT2D eigenvalue weighted by Gasteiger charge is -2.19. The van der Waals surface area contributed by atoms with Crippen molar-refractivity contribution in [1.29, 1.82) is 0 Å². The van der Waals surface area contributed by atoms with Crippen LogP contribution in [0.15, 0.2) is 146 Å². The number of rotatable bonds is 0. The first-order valence-electron chi connectivity index (χ1n) is 22.5. The second kappa shape index (κ2) is 21.9. The van der Waals surface area contributed by atoms with Gasteiger partial charge in [-0.05, 0) is 129 Å². The van der Waals surface area contributed by atoms with Crippen LogP contribution in [0.4, 0.5) is 0 Å². The molecule has 0 fully saturated rings. The Hall–Kier alpha value is -5.08. The van der Waals surface area contributed by atoms with E-state index >= 15 is 0 Å². The molecule has 67 heavy (non-hydrogen) atoms. The van der Waals surface area contributed by atoms with Gasteiger partial charge in [-0.25, -0.2) is 0 Å². The monoisotopic (exact) mass is 953 g/mol. The summed E-state index contributed by atoms with van der Waals surface area (Å²) in [5, 5.41) is 24.4. The highest BCUT2D eigenvalue weighted by Crippen LogP contribution is 2.35. The van der Waals surface area contributed by atoms with E-state index in [4.69, 9.17) is 9.05 Å². The third kappa shape index (κ3) is 13.8. The second-order valence-corrected chi connectivity index (χ2v) is 24.4. The molecule has 4 nitrogen and oxygen atoms in total. The van der Waals surface area contributed by atoms with Gasteiger partial charge in [0.05, 0.1) is 11.9 Å². The van der Waals surface area contributed by atoms with Gasteiger partial charge in [0.25, 0.3) is 0 Å². The first-order chi connectivity index (χ1) is 30.4. The third-order valence-electron chi connectivity index (χ3n) is 11.2. The summed E-state index contributed by atoms with van der Waals surface area (Å²) in [6.07, 6.45) is 1.74. The summed E-state index contributed by atoms with van der Waals surface area (Å²) in [5.41, 5.74) is 9.37. The Morgan fingerprint density at radius 1 is 0.433 bits per heavy atom. The SMILES string of the molecule is C.C.CC(C)(C)c1ccc2cnoc2c1.CC(C)(C)c1cccc2ccsc12.CC(C)(C)c1cccc2cscc12.CC(C)(C)c1cccc2sccc12.CC(C)(C)c1noc2ccccc12. The molecule has 0 unspecified atom stereocenters. The Morgan fingerprint density at radius 3 is 1.67 bits per heavy atom. The first-order valence-corrected chi connectivity index (χ1v) is 25.2. The van der Waals surface area contributed by atoms with Gasteiger partial charge in [0, 0.05) is 25.6 Å². The molecule has 0 radical (unpaired) electrons. The standard InChI is InChI=1S/3C12H14S.2C11H13NO.2CH4/c1-12(2,3)11-6-4-5-9-7-13-8-10(9)11;1-12(2,3)10-5-4-6-11-9(10)7-8-13-11;1-12(2,3)10-6-4-5-9-7-8-13-11(9)10;1-11(2,3)9-5-4-8-7-12-13-10(8)6-9;1-11(2,3)10-8-6-4-5-7-9(8)13-12-10;;/h3*4-8H,1-3H3;2*4-7H,1-3H3;2*1H4. The Bertz CT molecular complexity index is 2870. The Kier molecular flexibility index (Phi) is 17.8. The van der Waals surface area contributed by atoms with Crippen molar-refractivity contribution in [3.05, 3.63) is 165 Å². The lowest BCUT2D eigenvalue weighted by atomic mass is 9.85. The van der Waals surface area contributed by atoms with E-state index in [0.29, 0.717) is 0 Å². The van der Waals surface area contributed by atoms with Crippen LogP contribution in [0.25, 0.3) is 52.9 Å². The summed E-state index contributed by atoms with van der Waals surface area (Å²) in [4.78, 5) is 0. The zero-order valence-corrected chi connectivity index (χ0v) is 43.7. The largest absolute Gasteiger partial charge is 0.356 e. The topological polar surface area (TPSA) is 52.1 Å². The summed E-state index contributed by atoms with van der Waals surface area (Å²) in [7, 11) is 0. The zero-order chi connectivity index (χ0) is 47.4. The molecule has 7 heteroatoms. The van der Waals surface area contributed by atoms with Crippen molar-refractivity contribution in [2.45, 2.75) is 146 Å². The fourth-order valence-corrected chi connectivity index (χ4v) is 10.4. The fraction of sp³-hybridized carbons (Fsp3) is 0.367. The molecule has 5 aromatic heterocycles. The lowest BCUT2D eigenvalue weighted by Crippen LogP contribution is -2.11. The quantitative estimate of drug-likeness (QED) is 0.152. The van der Waals surface area contributed by atoms with E-state index in [2.05, 4.69) is 215 Å². The Balaban J connectivity index is 0.000000181. The minimum Gasteiger partial charge on any atom is -0.356 e. The second-order valence-electron chi connectivity index (χ2n) is 21.8. The highest BCUT2D eigenvalue weighted by atomic mass is 32.1. The van der Waals surface area contributed by atoms with Crippen molar-refractivity contribution in [2.24, 2.45) is 0 Å². The van der Waals surface area contributed by atoms with Crippen LogP contribution >= 0.6 is 34.0 Å². The van der Waals surface area contributed by atoms with E-state index in [0.717, 1.165) is 27.6 Å². The number of para-hydroxylation sites is 1. The van der Waals surface area contributed by atoms with Gasteiger partial charge >= 0.3 is 0 Å². The van der Waals surface area contributed by atoms with E-state index in [9.17, 15) is 0 Å². The number of fused-ring (bicyclic) bond motifs is 5. The van der Waals surface area contributed by atoms with Crippen LogP contribution in [0.3, 0.4) is 0 Å². The molecule has 10 aromatic rings. The van der Waals surface area contributed by atoms with Crippen molar-refractivity contribution in [3.8, 4) is 0 Å². The average molecular weight is 953 g/mol. The predicted octanol–water partition coefficient (Wildman–Crippen LogP) is 20.1. The molecule has 0 aliphatic carbocycles. The summed E-state index contributed by atoms with van der Waals surface area (Å²) < 4.78 is 13.2. The molecule has 5 aromatic carbocycles. The van der Waals surface area contributed by atoms with Crippen LogP contribution in [-0.4, -0.2) is 10.3 Å². The fourth-order valence-electron chi connectivity index (χ4n) is 7.63. The normalized spacial score (nSPS) is 11.9. The van der Waals surface area contributed by atoms with Gasteiger partial charge in [0.1, 0.15) is 0 Å². The summed E-state index contributed by atoms with van der Waals surface area (Å²) >= 11 is 5.44. The van der Waals surface area contributed by atoms with Crippen molar-refractivity contribution >= 4 is 86.9 Å². The van der Waals surface area contributed by atoms with Gasteiger partial charge in [-0.1, -0.05) is 196 Å². The number of aromatic nitrogens is 2. The molecule has 0 amide bonds. The molecule has 0 N–H and O–H groups in total. The van der Waals surface area contributed by atoms with E-state index in [1.165, 1.54) is 53.2 Å². The summed E-state index contributed by atoms with van der Waals surface area (Å²) in [6, 6.07) is 38.3. The van der Waals surface area contributed by atoms with E-state index in [-0.39, 0.29) is 41.9 Å². The van der Waals surface area contributed by atoms with Gasteiger partial charge in [-0.2, -0.15) is 11.3 Å². The number of thiophene rings is 3. The maximum atomic E-state index is 5.23. The minimum atomic E-state index is 0. The maximum absolute atomic E-state index is 5.23. The molecule has 0 aliphatic rings. The molecule has 0 spiro atoms. The molecular weight excluding hydrogens is 877 g/mol. The molecule has 0 saturated heterocycles. The molecule has 0 bridgehead atoms. The molecule has 0 saturated carbocycles. The van der Waals surface area contributed by atoms with Crippen LogP contribution in [-0.2, 0) is 27.1 Å². The first kappa shape index (κ1) is 54.5. The van der Waals surface area contributed by atoms with E-state index < -0.39 is 0 Å². The number of hydrogen-bond acceptors (Lipinski definition) is 7. The third-order valence-corrected chi connectivity index (χ3v) is 13.8. The van der Waals surface area contributed by atoms with Gasteiger partial charge < -0.3 is 9.05 Å². The molecule has 10 rings (SSSR count). The smallest absolute Gasteiger partial charge is 0.167 e. The zero-order valence-electron chi connectivity index (χ0n) is 41.2. The van der Waals surface area contributed by atoms with E-state index in [1.54, 1.807) is 17.5 Å². The number of nitrogens with zero attached hydrogens (tertiary/aromatic N) is 2. The van der Waals surface area contributed by atoms with Crippen molar-refractivity contribution in [2.75, 3.05) is 0 Å². The van der Waals surface area contributed by atoms with Gasteiger partial charge in [0.15, 0.2) is 11.2 Å². The van der Waals surface area contributed by atoms with Crippen molar-refractivity contribution < 1.29 is 9.05 Å². The highest BCUT2D eigenvalue weighted by Gasteiger charge is 2.22. The average Bonchev–Trinajstić information content (AvgIpc) is 4.08. The molecule has 0 aliphatic heterocycles. The number of benzene rings is 5. The lowest BCUT2D eigenvalue weighted by molar-refractivity contribution is 0.419. The van der Waals surface area contributed by atoms with Crippen molar-refractivity contribution in [1.82, 2.24) is 10.3 Å². The molecule has 356 valence electrons. The van der Waals surface area contributed by atoms with Crippen LogP contribution in [0.1, 0.15) is 147 Å². The number of hydrogen-bond donors (Lipinski definition) is 0. The van der Waals surface area contributed by atoms with Crippen LogP contribution in [0, 0.1) is 0 Å². The highest BCUT2D eigenvalue weighted by molar-refractivity contribution is 7.17. The van der Waals surface area contributed by atoms with Gasteiger partial charge in [-0.3, -0.25) is 0 Å². The van der Waals surface area contributed by atoms with Crippen LogP contribution in [0.2, 0.25) is 0 Å². The van der Waals surface area contributed by atoms with Crippen LogP contribution < -0.4 is 0 Å². The maximum Gasteiger partial charge on any atom is 0.167 e. The predicted molar refractivity (Wildman–Crippen MR) is 300 cm³/mol. The van der Waals surface area contributed by atoms with E-state index in [1.807, 2.05) is 53.0 Å². The summed E-state index contributed by atoms with van der Waals surface area (Å²) in [5.74, 6) is 0. The Morgan fingerprint density at radius 2 is 1.03 bits per heavy atom. The molecule has 5 heterocycles. The summed E-state index contributed by atoms with van der Waals surface area (Å²) in [6.45, 7) is 33.3. The Labute approximate surface area is 414 Å². The molecule has 0 atom stereocenters.